The van der Waals surface area contributed by atoms with Crippen molar-refractivity contribution in [1.82, 2.24) is 43.6 Å². The van der Waals surface area contributed by atoms with Gasteiger partial charge >= 0.3 is 0 Å². The molecular weight excluding hydrogens is 1460 g/mol. The van der Waals surface area contributed by atoms with Gasteiger partial charge in [0.1, 0.15) is 16.9 Å². The fourth-order valence-corrected chi connectivity index (χ4v) is 17.6. The van der Waals surface area contributed by atoms with Crippen LogP contribution in [0.3, 0.4) is 0 Å². The minimum Gasteiger partial charge on any atom is -0.456 e. The SMILES string of the molecule is Cc1cc(-c2nc(-c3ccccc3)cc(-c3ccccc3)n2)c(C)cc1-c1ccc2c(c1)c1ccccc1n2-c1cccc(-c2cccc3c4ccccc4n(-c4ccccc4)c23)c1.c1ccc(-c2cc(-c3ccccc3)nc(-c3cncc(-c4ccc5c(c4)c4ccccc4n5-c4ccc(-c5ccc6oc7ccccc7c6c5)cc4)n3)n2)cc1. The maximum Gasteiger partial charge on any atom is 0.180 e. The number of benzene rings is 16. The molecule has 23 aromatic rings. The lowest BCUT2D eigenvalue weighted by Gasteiger charge is -2.15. The number of hydrogen-bond acceptors (Lipinski definition) is 7. The third-order valence-electron chi connectivity index (χ3n) is 23.3. The van der Waals surface area contributed by atoms with Crippen molar-refractivity contribution in [3.05, 3.63) is 418 Å². The summed E-state index contributed by atoms with van der Waals surface area (Å²) in [5.74, 6) is 1.25. The second-order valence-corrected chi connectivity index (χ2v) is 30.6. The predicted molar refractivity (Wildman–Crippen MR) is 494 cm³/mol. The summed E-state index contributed by atoms with van der Waals surface area (Å²) in [6.07, 6.45) is 3.55. The molecule has 0 aliphatic carbocycles. The van der Waals surface area contributed by atoms with Gasteiger partial charge in [0.2, 0.25) is 0 Å². The van der Waals surface area contributed by atoms with Crippen molar-refractivity contribution in [2.45, 2.75) is 13.8 Å². The summed E-state index contributed by atoms with van der Waals surface area (Å²) in [7, 11) is 0. The van der Waals surface area contributed by atoms with E-state index in [1.165, 1.54) is 76.8 Å². The minimum absolute atomic E-state index is 0.527. The van der Waals surface area contributed by atoms with E-state index in [0.29, 0.717) is 11.5 Å². The number of fused-ring (bicyclic) bond motifs is 12. The Kier molecular flexibility index (Phi) is 17.4. The first kappa shape index (κ1) is 70.6. The van der Waals surface area contributed by atoms with E-state index in [4.69, 9.17) is 29.3 Å². The molecule has 0 aliphatic rings. The van der Waals surface area contributed by atoms with Gasteiger partial charge in [-0.05, 0) is 168 Å². The number of furan rings is 1. The molecule has 0 radical (unpaired) electrons. The Morgan fingerprint density at radius 2 is 0.608 bits per heavy atom. The number of aromatic nitrogens is 9. The first-order valence-corrected chi connectivity index (χ1v) is 40.5. The molecule has 0 N–H and O–H groups in total. The largest absolute Gasteiger partial charge is 0.456 e. The summed E-state index contributed by atoms with van der Waals surface area (Å²) < 4.78 is 13.3. The molecule has 0 fully saturated rings. The molecule has 0 atom stereocenters. The Morgan fingerprint density at radius 3 is 1.22 bits per heavy atom. The van der Waals surface area contributed by atoms with Gasteiger partial charge < -0.3 is 18.1 Å². The Morgan fingerprint density at radius 1 is 0.208 bits per heavy atom. The van der Waals surface area contributed by atoms with E-state index in [1.54, 1.807) is 6.20 Å². The zero-order valence-corrected chi connectivity index (χ0v) is 65.6. The molecule has 10 heteroatoms. The molecule has 0 amide bonds. The van der Waals surface area contributed by atoms with Gasteiger partial charge in [-0.1, -0.05) is 279 Å². The quantitative estimate of drug-likeness (QED) is 0.113. The van der Waals surface area contributed by atoms with Crippen LogP contribution in [0.1, 0.15) is 11.1 Å². The van der Waals surface area contributed by atoms with Crippen LogP contribution in [-0.4, -0.2) is 43.6 Å². The van der Waals surface area contributed by atoms with E-state index in [2.05, 4.69) is 360 Å². The van der Waals surface area contributed by atoms with E-state index in [0.717, 1.165) is 140 Å². The molecule has 0 saturated carbocycles. The normalized spacial score (nSPS) is 11.6. The third-order valence-corrected chi connectivity index (χ3v) is 23.3. The van der Waals surface area contributed by atoms with Crippen molar-refractivity contribution < 1.29 is 4.42 Å². The van der Waals surface area contributed by atoms with Crippen LogP contribution < -0.4 is 0 Å². The van der Waals surface area contributed by atoms with Gasteiger partial charge in [0.25, 0.3) is 0 Å². The highest BCUT2D eigenvalue weighted by Crippen LogP contribution is 2.44. The van der Waals surface area contributed by atoms with Gasteiger partial charge in [0, 0.05) is 99.1 Å². The van der Waals surface area contributed by atoms with Gasteiger partial charge in [-0.2, -0.15) is 0 Å². The van der Waals surface area contributed by atoms with E-state index in [9.17, 15) is 0 Å². The van der Waals surface area contributed by atoms with Crippen LogP contribution in [0.4, 0.5) is 0 Å². The fraction of sp³-hybridized carbons (Fsp3) is 0.0182. The zero-order valence-electron chi connectivity index (χ0n) is 65.6. The predicted octanol–water partition coefficient (Wildman–Crippen LogP) is 28.2. The van der Waals surface area contributed by atoms with Crippen LogP contribution in [0.2, 0.25) is 0 Å². The second kappa shape index (κ2) is 29.7. The average molecular weight is 1540 g/mol. The third kappa shape index (κ3) is 12.6. The summed E-state index contributed by atoms with van der Waals surface area (Å²) in [5, 5.41) is 9.50. The highest BCUT2D eigenvalue weighted by Gasteiger charge is 2.23. The van der Waals surface area contributed by atoms with Crippen LogP contribution in [0.5, 0.6) is 0 Å². The van der Waals surface area contributed by atoms with Crippen LogP contribution in [0, 0.1) is 13.8 Å². The highest BCUT2D eigenvalue weighted by atomic mass is 16.3. The van der Waals surface area contributed by atoms with E-state index in [1.807, 2.05) is 72.9 Å². The lowest BCUT2D eigenvalue weighted by Crippen LogP contribution is -1.99. The molecule has 0 saturated heterocycles. The Hall–Kier alpha value is -16.0. The van der Waals surface area contributed by atoms with Crippen molar-refractivity contribution in [2.75, 3.05) is 0 Å². The van der Waals surface area contributed by atoms with Crippen molar-refractivity contribution >= 4 is 87.4 Å². The number of aryl methyl sites for hydroxylation is 2. The maximum atomic E-state index is 6.08. The van der Waals surface area contributed by atoms with Crippen LogP contribution in [-0.2, 0) is 0 Å². The molecule has 7 heterocycles. The molecular formula is C110H73N9O. The van der Waals surface area contributed by atoms with Gasteiger partial charge in [0.15, 0.2) is 11.6 Å². The molecule has 23 rings (SSSR count). The van der Waals surface area contributed by atoms with Crippen molar-refractivity contribution in [1.29, 1.82) is 0 Å². The van der Waals surface area contributed by atoms with Gasteiger partial charge in [0.05, 0.1) is 74.0 Å². The van der Waals surface area contributed by atoms with Gasteiger partial charge in [-0.15, -0.1) is 0 Å². The molecule has 0 bridgehead atoms. The smallest absolute Gasteiger partial charge is 0.180 e. The Balaban J connectivity index is 0.000000145. The molecule has 0 aliphatic heterocycles. The van der Waals surface area contributed by atoms with Crippen molar-refractivity contribution in [2.24, 2.45) is 0 Å². The highest BCUT2D eigenvalue weighted by molar-refractivity contribution is 6.15. The first-order chi connectivity index (χ1) is 59.3. The molecule has 16 aromatic carbocycles. The first-order valence-electron chi connectivity index (χ1n) is 40.5. The fourth-order valence-electron chi connectivity index (χ4n) is 17.6. The second-order valence-electron chi connectivity index (χ2n) is 30.6. The standard InChI is InChI=1S/C60H42N4.C50H31N5O/c1-39-35-52(60-61-54(41-18-6-3-7-19-41)38-55(62-60)42-20-8-4-9-21-42)40(2)34-51(39)44-32-33-58-53(37-44)49-27-13-14-30-56(49)63(58)46-25-16-22-43(36-46)47-28-17-29-50-48-26-12-15-31-57(48)64(59(47)50)45-23-10-5-11-24-45;1-3-11-33(12-4-1)42-29-43(34-13-5-2-6-14-34)54-50(53-42)45-31-51-30-44(52-45)36-21-25-47-40(28-36)38-15-7-9-17-46(38)55(47)37-23-19-32(20-24-37)35-22-26-49-41(27-35)39-16-8-10-18-48(39)56-49/h3-38H,1-2H3;1-31H. The minimum atomic E-state index is 0.527. The lowest BCUT2D eigenvalue weighted by atomic mass is 9.93. The molecule has 564 valence electrons. The van der Waals surface area contributed by atoms with Crippen LogP contribution in [0.15, 0.2) is 411 Å². The van der Waals surface area contributed by atoms with Crippen LogP contribution >= 0.6 is 0 Å². The van der Waals surface area contributed by atoms with E-state index in [-0.39, 0.29) is 0 Å². The monoisotopic (exact) mass is 1540 g/mol. The Labute approximate surface area is 692 Å². The molecule has 0 spiro atoms. The van der Waals surface area contributed by atoms with Crippen molar-refractivity contribution in [3.8, 4) is 130 Å². The zero-order chi connectivity index (χ0) is 79.7. The summed E-state index contributed by atoms with van der Waals surface area (Å²) in [5.41, 5.74) is 32.5. The van der Waals surface area contributed by atoms with E-state index >= 15 is 0 Å². The molecule has 0 unspecified atom stereocenters. The van der Waals surface area contributed by atoms with Crippen LogP contribution in [0.25, 0.3) is 217 Å². The number of rotatable bonds is 13. The summed E-state index contributed by atoms with van der Waals surface area (Å²) in [6, 6.07) is 139. The van der Waals surface area contributed by atoms with Gasteiger partial charge in [-0.3, -0.25) is 4.98 Å². The lowest BCUT2D eigenvalue weighted by molar-refractivity contribution is 0.669. The molecule has 10 nitrogen and oxygen atoms in total. The van der Waals surface area contributed by atoms with Gasteiger partial charge in [-0.25, -0.2) is 24.9 Å². The van der Waals surface area contributed by atoms with E-state index < -0.39 is 0 Å². The topological polar surface area (TPSA) is 105 Å². The molecule has 7 aromatic heterocycles. The number of nitrogens with zero attached hydrogens (tertiary/aromatic N) is 9. The average Bonchev–Trinajstić information content (AvgIpc) is 1.58. The summed E-state index contributed by atoms with van der Waals surface area (Å²) >= 11 is 0. The Bertz CT molecular complexity index is 7790. The molecule has 120 heavy (non-hydrogen) atoms. The number of para-hydroxylation sites is 6. The summed E-state index contributed by atoms with van der Waals surface area (Å²) in [4.78, 5) is 30.1. The number of hydrogen-bond donors (Lipinski definition) is 0. The maximum absolute atomic E-state index is 6.08. The van der Waals surface area contributed by atoms with Crippen molar-refractivity contribution in [3.63, 3.8) is 0 Å². The summed E-state index contributed by atoms with van der Waals surface area (Å²) in [6.45, 7) is 4.38.